The highest BCUT2D eigenvalue weighted by atomic mass is 16.6. The number of nitrogens with one attached hydrogen (secondary N) is 1. The fourth-order valence-electron chi connectivity index (χ4n) is 3.75. The minimum Gasteiger partial charge on any atom is -0.460 e. The average molecular weight is 450 g/mol. The first-order valence-electron chi connectivity index (χ1n) is 10.7. The molecule has 0 aromatic heterocycles. The van der Waals surface area contributed by atoms with Crippen LogP contribution in [0.3, 0.4) is 0 Å². The summed E-state index contributed by atoms with van der Waals surface area (Å²) < 4.78 is 10.1. The molecule has 0 radical (unpaired) electrons. The smallest absolute Gasteiger partial charge is 0.418 e. The van der Waals surface area contributed by atoms with E-state index in [0.29, 0.717) is 19.4 Å². The number of nitrogens with zero attached hydrogens (tertiary/aromatic N) is 3. The Morgan fingerprint density at radius 3 is 2.33 bits per heavy atom. The van der Waals surface area contributed by atoms with E-state index in [1.54, 1.807) is 0 Å². The highest BCUT2D eigenvalue weighted by molar-refractivity contribution is 6.36. The van der Waals surface area contributed by atoms with Crippen LogP contribution in [0.25, 0.3) is 5.53 Å². The first-order valence-corrected chi connectivity index (χ1v) is 10.7. The van der Waals surface area contributed by atoms with Crippen LogP contribution < -0.4 is 5.32 Å². The number of amides is 2. The number of carbonyl (C=O) groups excluding carboxylic acids is 3. The Balaban J connectivity index is 1.70. The molecule has 0 saturated carbocycles. The lowest BCUT2D eigenvalue weighted by atomic mass is 10.0. The van der Waals surface area contributed by atoms with Gasteiger partial charge >= 0.3 is 17.8 Å². The van der Waals surface area contributed by atoms with Crippen LogP contribution in [0, 0.1) is 0 Å². The number of hydrogen-bond donors (Lipinski definition) is 1. The zero-order chi connectivity index (χ0) is 23.6. The lowest BCUT2D eigenvalue weighted by molar-refractivity contribution is -0.138. The van der Waals surface area contributed by atoms with Crippen molar-refractivity contribution in [1.29, 1.82) is 0 Å². The summed E-state index contributed by atoms with van der Waals surface area (Å²) in [5.41, 5.74) is 10.8. The van der Waals surface area contributed by atoms with Gasteiger partial charge in [-0.3, -0.25) is 9.69 Å². The molecule has 1 aliphatic rings. The second-order valence-electron chi connectivity index (χ2n) is 7.62. The Hall–Kier alpha value is -3.97. The van der Waals surface area contributed by atoms with Gasteiger partial charge in [0.2, 0.25) is 5.91 Å². The van der Waals surface area contributed by atoms with E-state index in [9.17, 15) is 19.9 Å². The molecular formula is C24H26N4O5. The summed E-state index contributed by atoms with van der Waals surface area (Å²) in [5.74, 6) is -1.32. The highest BCUT2D eigenvalue weighted by Crippen LogP contribution is 2.20. The zero-order valence-corrected chi connectivity index (χ0v) is 18.3. The fraction of sp³-hybridized carbons (Fsp3) is 0.333. The van der Waals surface area contributed by atoms with E-state index in [2.05, 4.69) is 10.1 Å². The highest BCUT2D eigenvalue weighted by Gasteiger charge is 2.39. The van der Waals surface area contributed by atoms with E-state index in [1.165, 1.54) is 4.90 Å². The number of hydrogen-bond acceptors (Lipinski definition) is 5. The van der Waals surface area contributed by atoms with Gasteiger partial charge in [0.05, 0.1) is 7.11 Å². The van der Waals surface area contributed by atoms with Gasteiger partial charge in [0, 0.05) is 13.0 Å². The molecule has 9 nitrogen and oxygen atoms in total. The van der Waals surface area contributed by atoms with Gasteiger partial charge in [0.25, 0.3) is 0 Å². The van der Waals surface area contributed by atoms with Crippen molar-refractivity contribution in [2.45, 2.75) is 38.0 Å². The molecular weight excluding hydrogens is 424 g/mol. The molecule has 0 aliphatic carbocycles. The maximum Gasteiger partial charge on any atom is 0.418 e. The van der Waals surface area contributed by atoms with Gasteiger partial charge in [-0.2, -0.15) is 4.79 Å². The number of carbonyl (C=O) groups is 3. The molecule has 0 unspecified atom stereocenters. The van der Waals surface area contributed by atoms with Gasteiger partial charge in [-0.15, -0.1) is 0 Å². The lowest BCUT2D eigenvalue weighted by Crippen LogP contribution is -2.53. The molecule has 2 aromatic rings. The Kier molecular flexibility index (Phi) is 8.32. The number of esters is 1. The first-order chi connectivity index (χ1) is 16.0. The van der Waals surface area contributed by atoms with Gasteiger partial charge < -0.3 is 20.3 Å². The third-order valence-electron chi connectivity index (χ3n) is 5.43. The first kappa shape index (κ1) is 23.7. The van der Waals surface area contributed by atoms with Crippen molar-refractivity contribution < 1.29 is 28.6 Å². The van der Waals surface area contributed by atoms with Crippen LogP contribution in [0.15, 0.2) is 60.7 Å². The molecule has 9 heteroatoms. The number of benzene rings is 2. The number of rotatable bonds is 8. The van der Waals surface area contributed by atoms with E-state index >= 15 is 0 Å². The lowest BCUT2D eigenvalue weighted by Gasteiger charge is -2.25. The number of ether oxygens (including phenoxy) is 2. The van der Waals surface area contributed by atoms with Crippen LogP contribution in [0.4, 0.5) is 4.79 Å². The van der Waals surface area contributed by atoms with Crippen molar-refractivity contribution in [3.63, 3.8) is 0 Å². The molecule has 2 amide bonds. The third-order valence-corrected chi connectivity index (χ3v) is 5.43. The molecule has 1 aliphatic heterocycles. The summed E-state index contributed by atoms with van der Waals surface area (Å²) >= 11 is 0. The molecule has 2 aromatic carbocycles. The van der Waals surface area contributed by atoms with Gasteiger partial charge in [-0.1, -0.05) is 60.7 Å². The van der Waals surface area contributed by atoms with Crippen molar-refractivity contribution in [2.75, 3.05) is 13.7 Å². The average Bonchev–Trinajstić information content (AvgIpc) is 3.34. The quantitative estimate of drug-likeness (QED) is 0.286. The maximum atomic E-state index is 13.1. The fourth-order valence-corrected chi connectivity index (χ4v) is 3.75. The van der Waals surface area contributed by atoms with Crippen LogP contribution in [0.5, 0.6) is 0 Å². The Bertz CT molecular complexity index is 1020. The zero-order valence-electron chi connectivity index (χ0n) is 18.3. The summed E-state index contributed by atoms with van der Waals surface area (Å²) in [4.78, 5) is 42.3. The molecule has 1 fully saturated rings. The summed E-state index contributed by atoms with van der Waals surface area (Å²) in [6.45, 7) is 0.484. The monoisotopic (exact) mass is 450 g/mol. The molecule has 1 saturated heterocycles. The van der Waals surface area contributed by atoms with Gasteiger partial charge in [-0.25, -0.2) is 9.59 Å². The molecule has 0 spiro atoms. The van der Waals surface area contributed by atoms with Crippen LogP contribution in [0.1, 0.15) is 24.0 Å². The van der Waals surface area contributed by atoms with Gasteiger partial charge in [0.15, 0.2) is 0 Å². The van der Waals surface area contributed by atoms with Crippen LogP contribution in [0.2, 0.25) is 0 Å². The number of likely N-dealkylation sites (tertiary alicyclic amines) is 1. The Morgan fingerprint density at radius 1 is 1.09 bits per heavy atom. The molecule has 1 heterocycles. The van der Waals surface area contributed by atoms with Crippen molar-refractivity contribution in [2.24, 2.45) is 0 Å². The van der Waals surface area contributed by atoms with Crippen molar-refractivity contribution >= 4 is 23.7 Å². The second-order valence-corrected chi connectivity index (χ2v) is 7.62. The summed E-state index contributed by atoms with van der Waals surface area (Å²) in [6.07, 6.45) is 0.709. The Labute approximate surface area is 191 Å². The van der Waals surface area contributed by atoms with Crippen molar-refractivity contribution in [3.8, 4) is 0 Å². The molecule has 3 rings (SSSR count). The molecule has 33 heavy (non-hydrogen) atoms. The summed E-state index contributed by atoms with van der Waals surface area (Å²) in [6, 6.07) is 16.7. The minimum atomic E-state index is -0.944. The Morgan fingerprint density at radius 2 is 1.73 bits per heavy atom. The van der Waals surface area contributed by atoms with Crippen LogP contribution in [-0.4, -0.2) is 59.1 Å². The van der Waals surface area contributed by atoms with E-state index < -0.39 is 30.1 Å². The van der Waals surface area contributed by atoms with E-state index in [0.717, 1.165) is 18.2 Å². The maximum absolute atomic E-state index is 13.1. The summed E-state index contributed by atoms with van der Waals surface area (Å²) in [5, 5.41) is 2.75. The number of methoxy groups -OCH3 is 1. The standard InChI is InChI=1S/C24H26N4O5/c1-32-23(30)21(27-25)19(15-17-9-4-2-5-10-17)26-22(29)20-13-8-14-28(20)24(31)33-16-18-11-6-3-7-12-18/h2-7,9-12,19-20H,8,13-16H2,1H3,(H,26,29)/t19-,20-/m0/s1. The predicted molar refractivity (Wildman–Crippen MR) is 119 cm³/mol. The minimum absolute atomic E-state index is 0.102. The summed E-state index contributed by atoms with van der Waals surface area (Å²) in [7, 11) is 1.16. The third kappa shape index (κ3) is 6.27. The largest absolute Gasteiger partial charge is 0.460 e. The van der Waals surface area contributed by atoms with Crippen molar-refractivity contribution in [3.05, 3.63) is 77.3 Å². The van der Waals surface area contributed by atoms with Crippen molar-refractivity contribution in [1.82, 2.24) is 10.2 Å². The predicted octanol–water partition coefficient (Wildman–Crippen LogP) is 2.36. The molecule has 172 valence electrons. The molecule has 0 bridgehead atoms. The van der Waals surface area contributed by atoms with E-state index in [1.807, 2.05) is 60.7 Å². The molecule has 1 N–H and O–H groups in total. The van der Waals surface area contributed by atoms with E-state index in [-0.39, 0.29) is 18.7 Å². The normalized spacial score (nSPS) is 15.8. The van der Waals surface area contributed by atoms with Crippen LogP contribution in [-0.2, 0) is 32.1 Å². The van der Waals surface area contributed by atoms with Crippen LogP contribution >= 0.6 is 0 Å². The topological polar surface area (TPSA) is 121 Å². The van der Waals surface area contributed by atoms with Gasteiger partial charge in [0.1, 0.15) is 18.7 Å². The SMILES string of the molecule is COC(=O)C(=[N+]=[N-])[C@H](Cc1ccccc1)NC(=O)[C@@H]1CCCN1C(=O)OCc1ccccc1. The van der Waals surface area contributed by atoms with E-state index in [4.69, 9.17) is 9.47 Å². The second kappa shape index (κ2) is 11.6. The molecule has 2 atom stereocenters. The van der Waals surface area contributed by atoms with Gasteiger partial charge in [-0.05, 0) is 24.0 Å².